The molecule has 5 N–H and O–H groups in total. The predicted molar refractivity (Wildman–Crippen MR) is 127 cm³/mol. The molecular weight excluding hydrogens is 540 g/mol. The largest absolute Gasteiger partial charge is 1.00 e. The van der Waals surface area contributed by atoms with Crippen LogP contribution in [-0.4, -0.2) is 13.0 Å². The molecular formula is C22H24Cl2FN3O3S3. The van der Waals surface area contributed by atoms with Crippen LogP contribution in [0.1, 0.15) is 24.7 Å². The molecule has 12 heteroatoms. The minimum Gasteiger partial charge on any atom is -1.00 e. The van der Waals surface area contributed by atoms with Crippen LogP contribution < -0.4 is 39.8 Å². The zero-order chi connectivity index (χ0) is 21.8. The maximum Gasteiger partial charge on any atom is 0.357 e. The summed E-state index contributed by atoms with van der Waals surface area (Å²) in [4.78, 5) is 4.65. The third-order valence-electron chi connectivity index (χ3n) is 4.60. The molecule has 0 aliphatic rings. The van der Waals surface area contributed by atoms with Crippen LogP contribution in [0.2, 0.25) is 0 Å². The first-order valence-corrected chi connectivity index (χ1v) is 12.5. The first-order chi connectivity index (χ1) is 14.9. The van der Waals surface area contributed by atoms with E-state index in [9.17, 15) is 12.8 Å². The van der Waals surface area contributed by atoms with Crippen molar-refractivity contribution in [1.82, 2.24) is 0 Å². The highest BCUT2D eigenvalue weighted by atomic mass is 35.5. The number of quaternary nitrogens is 1. The van der Waals surface area contributed by atoms with Crippen molar-refractivity contribution in [1.29, 1.82) is 0 Å². The van der Waals surface area contributed by atoms with Crippen LogP contribution >= 0.6 is 22.7 Å². The van der Waals surface area contributed by atoms with Gasteiger partial charge in [-0.25, -0.2) is 4.39 Å². The normalized spacial score (nSPS) is 11.5. The fraction of sp³-hybridized carbons (Fsp3) is 0.136. The standard InChI is InChI=1S/C21H18FN3O3S3.CH4.2ClH/c22-15-3-1-4-17(12-15)23-18(19-13-30-21(24-19)20-5-2-10-29-20)11-14-6-8-16(9-7-14)25-31(26,27)28;;;/h1-10,12-13,18,23,25H,11H2,(H,26,27,28);1H4;2*1H/t18-;;;/m0.../s1. The molecule has 184 valence electrons. The van der Waals surface area contributed by atoms with Crippen LogP contribution in [0.5, 0.6) is 0 Å². The lowest BCUT2D eigenvalue weighted by Crippen LogP contribution is -3.00. The number of aromatic amines is 1. The minimum atomic E-state index is -4.31. The molecule has 2 aromatic carbocycles. The molecule has 0 fully saturated rings. The number of aromatic nitrogens is 1. The third kappa shape index (κ3) is 8.31. The first kappa shape index (κ1) is 30.0. The molecule has 0 spiro atoms. The van der Waals surface area contributed by atoms with Gasteiger partial charge in [-0.2, -0.15) is 13.4 Å². The Morgan fingerprint density at radius 2 is 1.79 bits per heavy atom. The summed E-state index contributed by atoms with van der Waals surface area (Å²) in [7, 11) is -4.31. The summed E-state index contributed by atoms with van der Waals surface area (Å²) in [6.45, 7) is 0. The first-order valence-electron chi connectivity index (χ1n) is 9.35. The summed E-state index contributed by atoms with van der Waals surface area (Å²) in [5.74, 6) is -0.290. The molecule has 4 aromatic rings. The van der Waals surface area contributed by atoms with Crippen molar-refractivity contribution in [3.05, 3.63) is 88.5 Å². The number of hydrogen-bond donors (Lipinski definition) is 3. The molecule has 0 saturated carbocycles. The minimum absolute atomic E-state index is 0. The summed E-state index contributed by atoms with van der Waals surface area (Å²) >= 11 is 3.28. The molecule has 4 rings (SSSR count). The molecule has 2 aromatic heterocycles. The second kappa shape index (κ2) is 13.1. The highest BCUT2D eigenvalue weighted by Crippen LogP contribution is 2.27. The quantitative estimate of drug-likeness (QED) is 0.179. The number of rotatable bonds is 8. The lowest BCUT2D eigenvalue weighted by atomic mass is 10.0. The Hall–Kier alpha value is -2.05. The van der Waals surface area contributed by atoms with Crippen LogP contribution in [0.3, 0.4) is 0 Å². The average Bonchev–Trinajstić information content (AvgIpc) is 3.40. The smallest absolute Gasteiger partial charge is 0.357 e. The molecule has 0 bridgehead atoms. The van der Waals surface area contributed by atoms with Gasteiger partial charge in [0.15, 0.2) is 6.04 Å². The molecule has 2 heterocycles. The highest BCUT2D eigenvalue weighted by molar-refractivity contribution is 7.87. The number of nitrogens with one attached hydrogen (secondary N) is 2. The van der Waals surface area contributed by atoms with E-state index in [1.165, 1.54) is 12.1 Å². The van der Waals surface area contributed by atoms with Crippen molar-refractivity contribution in [2.45, 2.75) is 19.9 Å². The summed E-state index contributed by atoms with van der Waals surface area (Å²) in [6, 6.07) is 17.3. The topological polar surface area (TPSA) is 97.2 Å². The van der Waals surface area contributed by atoms with Gasteiger partial charge in [0.1, 0.15) is 16.4 Å². The Balaban J connectivity index is 0.00000193. The second-order valence-electron chi connectivity index (χ2n) is 6.93. The fourth-order valence-electron chi connectivity index (χ4n) is 3.23. The number of thiophene rings is 1. The van der Waals surface area contributed by atoms with E-state index in [0.29, 0.717) is 6.42 Å². The van der Waals surface area contributed by atoms with Crippen LogP contribution in [-0.2, 0) is 16.7 Å². The van der Waals surface area contributed by atoms with Gasteiger partial charge in [0.2, 0.25) is 5.69 Å². The van der Waals surface area contributed by atoms with E-state index in [1.807, 2.05) is 27.6 Å². The van der Waals surface area contributed by atoms with Gasteiger partial charge in [-0.1, -0.05) is 43.0 Å². The van der Waals surface area contributed by atoms with E-state index in [1.54, 1.807) is 53.0 Å². The molecule has 0 aliphatic heterocycles. The van der Waals surface area contributed by atoms with Crippen LogP contribution in [0.25, 0.3) is 9.88 Å². The molecule has 0 amide bonds. The van der Waals surface area contributed by atoms with E-state index in [0.717, 1.165) is 26.8 Å². The molecule has 0 unspecified atom stereocenters. The monoisotopic (exact) mass is 563 g/mol. The zero-order valence-corrected chi connectivity index (χ0v) is 20.9. The Bertz CT molecular complexity index is 1270. The molecule has 6 nitrogen and oxygen atoms in total. The number of thiazole rings is 1. The maximum absolute atomic E-state index is 13.7. The van der Waals surface area contributed by atoms with Crippen LogP contribution in [0.4, 0.5) is 15.8 Å². The Kier molecular flexibility index (Phi) is 11.6. The van der Waals surface area contributed by atoms with Crippen molar-refractivity contribution < 1.29 is 52.5 Å². The van der Waals surface area contributed by atoms with Crippen molar-refractivity contribution in [2.75, 3.05) is 4.72 Å². The molecule has 0 radical (unpaired) electrons. The Labute approximate surface area is 219 Å². The zero-order valence-electron chi connectivity index (χ0n) is 16.9. The van der Waals surface area contributed by atoms with E-state index in [-0.39, 0.29) is 49.8 Å². The SMILES string of the molecule is C.O=S(=O)(O)Nc1ccc(C[C@H]([NH2+]c2cccc(F)c2)c2csc(-c3cccs3)[nH+]2)cc1.[Cl-].[Cl-]. The van der Waals surface area contributed by atoms with E-state index >= 15 is 0 Å². The number of anilines is 1. The molecule has 0 saturated heterocycles. The lowest BCUT2D eigenvalue weighted by molar-refractivity contribution is -0.633. The molecule has 1 atom stereocenters. The van der Waals surface area contributed by atoms with Gasteiger partial charge in [-0.3, -0.25) is 9.27 Å². The van der Waals surface area contributed by atoms with Crippen molar-refractivity contribution in [2.24, 2.45) is 0 Å². The molecule has 34 heavy (non-hydrogen) atoms. The van der Waals surface area contributed by atoms with Gasteiger partial charge >= 0.3 is 10.3 Å². The lowest BCUT2D eigenvalue weighted by Gasteiger charge is -2.12. The molecule has 0 aliphatic carbocycles. The maximum atomic E-state index is 13.7. The predicted octanol–water partition coefficient (Wildman–Crippen LogP) is -1.53. The Morgan fingerprint density at radius 1 is 1.06 bits per heavy atom. The van der Waals surface area contributed by atoms with Gasteiger partial charge in [0.25, 0.3) is 5.01 Å². The van der Waals surface area contributed by atoms with Gasteiger partial charge < -0.3 is 30.1 Å². The van der Waals surface area contributed by atoms with Crippen LogP contribution in [0, 0.1) is 5.82 Å². The Morgan fingerprint density at radius 3 is 2.41 bits per heavy atom. The van der Waals surface area contributed by atoms with Crippen LogP contribution in [0.15, 0.2) is 71.4 Å². The number of benzene rings is 2. The highest BCUT2D eigenvalue weighted by Gasteiger charge is 2.26. The fourth-order valence-corrected chi connectivity index (χ4v) is 5.41. The van der Waals surface area contributed by atoms with Crippen molar-refractivity contribution in [3.63, 3.8) is 0 Å². The number of halogens is 3. The third-order valence-corrected chi connectivity index (χ3v) is 7.04. The van der Waals surface area contributed by atoms with Crippen molar-refractivity contribution in [3.8, 4) is 9.88 Å². The number of H-pyrrole nitrogens is 1. The van der Waals surface area contributed by atoms with Gasteiger partial charge in [-0.05, 0) is 41.3 Å². The summed E-state index contributed by atoms with van der Waals surface area (Å²) in [6.07, 6.45) is 0.625. The van der Waals surface area contributed by atoms with Crippen molar-refractivity contribution >= 4 is 44.4 Å². The van der Waals surface area contributed by atoms with E-state index < -0.39 is 10.3 Å². The summed E-state index contributed by atoms with van der Waals surface area (Å²) in [5.41, 5.74) is 3.04. The number of nitrogens with two attached hydrogens (primary N) is 1. The van der Waals surface area contributed by atoms with Gasteiger partial charge in [0, 0.05) is 12.5 Å². The number of hydrogen-bond acceptors (Lipinski definition) is 4. The van der Waals surface area contributed by atoms with E-state index in [2.05, 4.69) is 16.4 Å². The van der Waals surface area contributed by atoms with E-state index in [4.69, 9.17) is 4.55 Å². The second-order valence-corrected chi connectivity index (χ2v) is 9.91. The van der Waals surface area contributed by atoms with Gasteiger partial charge in [-0.15, -0.1) is 11.3 Å². The van der Waals surface area contributed by atoms with Gasteiger partial charge in [0.05, 0.1) is 11.1 Å². The summed E-state index contributed by atoms with van der Waals surface area (Å²) < 4.78 is 46.6. The average molecular weight is 565 g/mol. The summed E-state index contributed by atoms with van der Waals surface area (Å²) in [5, 5.41) is 7.19.